The van der Waals surface area contributed by atoms with Gasteiger partial charge in [-0.2, -0.15) is 0 Å². The van der Waals surface area contributed by atoms with E-state index in [1.807, 2.05) is 48.7 Å². The monoisotopic (exact) mass is 405 g/mol. The summed E-state index contributed by atoms with van der Waals surface area (Å²) >= 11 is 6.85. The molecule has 1 saturated carbocycles. The number of nitrogens with two attached hydrogens (primary N) is 1. The standard InChI is InChI=1S/C24H24ClN3O/c25-23-18-3-1-2-4-21(18)27-12-20(23)19-11-17(24(26)29)9-10-22(19)28-13-15-5-6-16(14-28)8-7-15/h1-4,9-12,15-16H,5-8,13-14H2,(H2,26,29). The summed E-state index contributed by atoms with van der Waals surface area (Å²) in [6, 6.07) is 13.6. The lowest BCUT2D eigenvalue weighted by Crippen LogP contribution is -2.28. The first-order valence-corrected chi connectivity index (χ1v) is 10.7. The minimum absolute atomic E-state index is 0.432. The highest BCUT2D eigenvalue weighted by atomic mass is 35.5. The zero-order valence-electron chi connectivity index (χ0n) is 16.3. The van der Waals surface area contributed by atoms with E-state index in [1.165, 1.54) is 25.7 Å². The quantitative estimate of drug-likeness (QED) is 0.644. The molecule has 0 spiro atoms. The van der Waals surface area contributed by atoms with Gasteiger partial charge in [0.1, 0.15) is 0 Å². The summed E-state index contributed by atoms with van der Waals surface area (Å²) in [5.74, 6) is 1.05. The maximum absolute atomic E-state index is 11.9. The van der Waals surface area contributed by atoms with E-state index >= 15 is 0 Å². The van der Waals surface area contributed by atoms with E-state index in [-0.39, 0.29) is 0 Å². The number of anilines is 1. The van der Waals surface area contributed by atoms with Crippen molar-refractivity contribution in [1.82, 2.24) is 4.98 Å². The minimum Gasteiger partial charge on any atom is -0.370 e. The Labute approximate surface area is 175 Å². The van der Waals surface area contributed by atoms with Gasteiger partial charge in [-0.25, -0.2) is 0 Å². The van der Waals surface area contributed by atoms with Crippen LogP contribution in [-0.4, -0.2) is 24.0 Å². The van der Waals surface area contributed by atoms with Crippen LogP contribution >= 0.6 is 11.6 Å². The van der Waals surface area contributed by atoms with E-state index in [0.29, 0.717) is 10.6 Å². The van der Waals surface area contributed by atoms with E-state index in [1.54, 1.807) is 0 Å². The molecule has 3 aromatic rings. The van der Waals surface area contributed by atoms with Gasteiger partial charge < -0.3 is 10.6 Å². The van der Waals surface area contributed by atoms with Crippen LogP contribution < -0.4 is 10.6 Å². The number of hydrogen-bond donors (Lipinski definition) is 1. The van der Waals surface area contributed by atoms with Crippen molar-refractivity contribution in [2.24, 2.45) is 17.6 Å². The number of benzene rings is 2. The normalized spacial score (nSPS) is 21.3. The minimum atomic E-state index is -0.432. The Morgan fingerprint density at radius 1 is 1.00 bits per heavy atom. The summed E-state index contributed by atoms with van der Waals surface area (Å²) in [5, 5.41) is 1.58. The number of fused-ring (bicyclic) bond motifs is 5. The first-order chi connectivity index (χ1) is 14.1. The predicted molar refractivity (Wildman–Crippen MR) is 118 cm³/mol. The first-order valence-electron chi connectivity index (χ1n) is 10.3. The lowest BCUT2D eigenvalue weighted by molar-refractivity contribution is 0.100. The zero-order chi connectivity index (χ0) is 20.0. The number of rotatable bonds is 3. The van der Waals surface area contributed by atoms with E-state index in [4.69, 9.17) is 17.3 Å². The maximum atomic E-state index is 11.9. The van der Waals surface area contributed by atoms with Crippen molar-refractivity contribution in [2.45, 2.75) is 25.7 Å². The van der Waals surface area contributed by atoms with Gasteiger partial charge in [-0.1, -0.05) is 29.8 Å². The number of amides is 1. The van der Waals surface area contributed by atoms with Crippen molar-refractivity contribution < 1.29 is 4.79 Å². The number of nitrogens with zero attached hydrogens (tertiary/aromatic N) is 2. The second-order valence-corrected chi connectivity index (χ2v) is 8.77. The molecule has 2 aromatic carbocycles. The molecule has 1 aliphatic carbocycles. The summed E-state index contributed by atoms with van der Waals surface area (Å²) in [5.41, 5.74) is 9.85. The molecule has 2 bridgehead atoms. The summed E-state index contributed by atoms with van der Waals surface area (Å²) in [6.07, 6.45) is 7.07. The molecule has 5 heteroatoms. The fourth-order valence-electron chi connectivity index (χ4n) is 4.97. The van der Waals surface area contributed by atoms with Crippen LogP contribution in [0.25, 0.3) is 22.0 Å². The molecule has 3 fully saturated rings. The third-order valence-corrected chi connectivity index (χ3v) is 6.95. The van der Waals surface area contributed by atoms with Crippen LogP contribution in [0.3, 0.4) is 0 Å². The molecule has 1 amide bonds. The summed E-state index contributed by atoms with van der Waals surface area (Å²) in [4.78, 5) is 19.0. The zero-order valence-corrected chi connectivity index (χ0v) is 17.0. The fraction of sp³-hybridized carbons (Fsp3) is 0.333. The average Bonchev–Trinajstić information content (AvgIpc) is 3.08. The second kappa shape index (κ2) is 7.34. The van der Waals surface area contributed by atoms with E-state index < -0.39 is 5.91 Å². The van der Waals surface area contributed by atoms with Crippen molar-refractivity contribution in [3.63, 3.8) is 0 Å². The topological polar surface area (TPSA) is 59.2 Å². The highest BCUT2D eigenvalue weighted by Crippen LogP contribution is 2.42. The van der Waals surface area contributed by atoms with Crippen LogP contribution in [0.4, 0.5) is 5.69 Å². The van der Waals surface area contributed by atoms with Gasteiger partial charge in [0.2, 0.25) is 5.91 Å². The number of carbonyl (C=O) groups excluding carboxylic acids is 1. The molecule has 2 aliphatic heterocycles. The summed E-state index contributed by atoms with van der Waals surface area (Å²) in [6.45, 7) is 2.11. The smallest absolute Gasteiger partial charge is 0.248 e. The number of para-hydroxylation sites is 1. The van der Waals surface area contributed by atoms with Gasteiger partial charge in [0.05, 0.1) is 10.5 Å². The number of halogens is 1. The van der Waals surface area contributed by atoms with Gasteiger partial charge in [0.25, 0.3) is 0 Å². The van der Waals surface area contributed by atoms with Gasteiger partial charge in [-0.3, -0.25) is 9.78 Å². The Bertz CT molecular complexity index is 1070. The number of primary amides is 1. The maximum Gasteiger partial charge on any atom is 0.248 e. The summed E-state index contributed by atoms with van der Waals surface area (Å²) < 4.78 is 0. The Morgan fingerprint density at radius 2 is 1.69 bits per heavy atom. The molecule has 0 unspecified atom stereocenters. The number of aromatic nitrogens is 1. The van der Waals surface area contributed by atoms with Crippen LogP contribution in [0, 0.1) is 11.8 Å². The van der Waals surface area contributed by atoms with Crippen LogP contribution in [0.15, 0.2) is 48.7 Å². The lowest BCUT2D eigenvalue weighted by atomic mass is 9.84. The van der Waals surface area contributed by atoms with Gasteiger partial charge >= 0.3 is 0 Å². The van der Waals surface area contributed by atoms with Gasteiger partial charge in [0.15, 0.2) is 0 Å². The van der Waals surface area contributed by atoms with Crippen LogP contribution in [-0.2, 0) is 0 Å². The molecule has 3 aliphatic rings. The third-order valence-electron chi connectivity index (χ3n) is 6.55. The Balaban J connectivity index is 1.68. The van der Waals surface area contributed by atoms with E-state index in [9.17, 15) is 4.79 Å². The number of carbonyl (C=O) groups is 1. The van der Waals surface area contributed by atoms with Crippen molar-refractivity contribution in [3.05, 3.63) is 59.2 Å². The second-order valence-electron chi connectivity index (χ2n) is 8.39. The predicted octanol–water partition coefficient (Wildman–Crippen LogP) is 5.28. The molecule has 2 saturated heterocycles. The van der Waals surface area contributed by atoms with Gasteiger partial charge in [0, 0.05) is 47.1 Å². The van der Waals surface area contributed by atoms with Crippen LogP contribution in [0.5, 0.6) is 0 Å². The molecule has 4 nitrogen and oxygen atoms in total. The van der Waals surface area contributed by atoms with E-state index in [0.717, 1.165) is 52.6 Å². The van der Waals surface area contributed by atoms with Crippen LogP contribution in [0.1, 0.15) is 36.0 Å². The molecule has 2 N–H and O–H groups in total. The van der Waals surface area contributed by atoms with Crippen molar-refractivity contribution in [2.75, 3.05) is 18.0 Å². The molecule has 29 heavy (non-hydrogen) atoms. The SMILES string of the molecule is NC(=O)c1ccc(N2CC3CCC(CC3)C2)c(-c2cnc3ccccc3c2Cl)c1. The Morgan fingerprint density at radius 3 is 2.38 bits per heavy atom. The largest absolute Gasteiger partial charge is 0.370 e. The van der Waals surface area contributed by atoms with E-state index in [2.05, 4.69) is 9.88 Å². The molecule has 1 aromatic heterocycles. The third kappa shape index (κ3) is 3.36. The fourth-order valence-corrected chi connectivity index (χ4v) is 5.28. The first kappa shape index (κ1) is 18.4. The number of pyridine rings is 1. The Hall–Kier alpha value is -2.59. The molecular weight excluding hydrogens is 382 g/mol. The van der Waals surface area contributed by atoms with Crippen LogP contribution in [0.2, 0.25) is 5.02 Å². The van der Waals surface area contributed by atoms with Gasteiger partial charge in [-0.05, 0) is 61.8 Å². The summed E-state index contributed by atoms with van der Waals surface area (Å²) in [7, 11) is 0. The average molecular weight is 406 g/mol. The highest BCUT2D eigenvalue weighted by Gasteiger charge is 2.31. The Kier molecular flexibility index (Phi) is 4.67. The molecule has 0 atom stereocenters. The molecule has 3 heterocycles. The number of hydrogen-bond acceptors (Lipinski definition) is 3. The van der Waals surface area contributed by atoms with Gasteiger partial charge in [-0.15, -0.1) is 0 Å². The van der Waals surface area contributed by atoms with Crippen molar-refractivity contribution in [1.29, 1.82) is 0 Å². The van der Waals surface area contributed by atoms with Crippen molar-refractivity contribution in [3.8, 4) is 11.1 Å². The lowest BCUT2D eigenvalue weighted by Gasteiger charge is -2.28. The molecule has 6 rings (SSSR count). The molecule has 148 valence electrons. The highest BCUT2D eigenvalue weighted by molar-refractivity contribution is 6.38. The van der Waals surface area contributed by atoms with Crippen molar-refractivity contribution >= 4 is 34.1 Å². The molecular formula is C24H24ClN3O. The molecule has 0 radical (unpaired) electrons.